The molecule has 21 heavy (non-hydrogen) atoms. The third kappa shape index (κ3) is 2.40. The van der Waals surface area contributed by atoms with E-state index in [-0.39, 0.29) is 17.3 Å². The molecule has 3 rings (SSSR count). The number of carbonyl (C=O) groups excluding carboxylic acids is 1. The summed E-state index contributed by atoms with van der Waals surface area (Å²) < 4.78 is 10.3. The van der Waals surface area contributed by atoms with Gasteiger partial charge < -0.3 is 15.2 Å². The summed E-state index contributed by atoms with van der Waals surface area (Å²) in [7, 11) is 1.30. The van der Waals surface area contributed by atoms with E-state index in [9.17, 15) is 4.79 Å². The van der Waals surface area contributed by atoms with Crippen molar-refractivity contribution in [2.75, 3.05) is 19.5 Å². The summed E-state index contributed by atoms with van der Waals surface area (Å²) in [5.41, 5.74) is 7.06. The van der Waals surface area contributed by atoms with Crippen LogP contribution in [0.5, 0.6) is 5.75 Å². The van der Waals surface area contributed by atoms with E-state index >= 15 is 0 Å². The molecule has 2 aromatic rings. The summed E-state index contributed by atoms with van der Waals surface area (Å²) in [6.07, 6.45) is 2.19. The lowest BCUT2D eigenvalue weighted by Gasteiger charge is -2.24. The van der Waals surface area contributed by atoms with Gasteiger partial charge in [-0.05, 0) is 12.5 Å². The van der Waals surface area contributed by atoms with E-state index in [0.29, 0.717) is 12.4 Å². The molecule has 0 aliphatic carbocycles. The van der Waals surface area contributed by atoms with Crippen LogP contribution in [0, 0.1) is 0 Å². The predicted molar refractivity (Wildman–Crippen MR) is 76.2 cm³/mol. The monoisotopic (exact) mass is 285 g/mol. The van der Waals surface area contributed by atoms with Crippen molar-refractivity contribution in [3.8, 4) is 5.75 Å². The molecule has 1 unspecified atom stereocenters. The van der Waals surface area contributed by atoms with Gasteiger partial charge in [0, 0.05) is 11.8 Å². The van der Waals surface area contributed by atoms with Crippen LogP contribution in [0.25, 0.3) is 0 Å². The molecule has 1 aromatic heterocycles. The van der Waals surface area contributed by atoms with Gasteiger partial charge in [-0.15, -0.1) is 0 Å². The first kappa shape index (κ1) is 13.4. The number of nitrogens with zero attached hydrogens (tertiary/aromatic N) is 2. The normalized spacial score (nSPS) is 16.7. The van der Waals surface area contributed by atoms with Crippen molar-refractivity contribution < 1.29 is 14.3 Å². The van der Waals surface area contributed by atoms with Gasteiger partial charge in [-0.2, -0.15) is 0 Å². The van der Waals surface area contributed by atoms with Crippen molar-refractivity contribution in [1.29, 1.82) is 0 Å². The number of hydrogen-bond donors (Lipinski definition) is 1. The van der Waals surface area contributed by atoms with Crippen molar-refractivity contribution >= 4 is 11.8 Å². The minimum atomic E-state index is -0.536. The Hall–Kier alpha value is -2.63. The van der Waals surface area contributed by atoms with E-state index in [1.54, 1.807) is 0 Å². The maximum absolute atomic E-state index is 11.5. The number of hydrogen-bond acceptors (Lipinski definition) is 6. The van der Waals surface area contributed by atoms with Crippen LogP contribution in [0.2, 0.25) is 0 Å². The Morgan fingerprint density at radius 1 is 1.43 bits per heavy atom. The largest absolute Gasteiger partial charge is 0.493 e. The smallest absolute Gasteiger partial charge is 0.343 e. The third-order valence-electron chi connectivity index (χ3n) is 3.51. The number of carbonyl (C=O) groups is 1. The van der Waals surface area contributed by atoms with Gasteiger partial charge >= 0.3 is 5.97 Å². The number of aromatic nitrogens is 2. The van der Waals surface area contributed by atoms with Crippen LogP contribution in [0.4, 0.5) is 5.82 Å². The highest BCUT2D eigenvalue weighted by molar-refractivity contribution is 5.93. The minimum Gasteiger partial charge on any atom is -0.493 e. The lowest BCUT2D eigenvalue weighted by Crippen LogP contribution is -2.18. The van der Waals surface area contributed by atoms with Crippen LogP contribution in [0.3, 0.4) is 0 Å². The Bertz CT molecular complexity index is 688. The highest BCUT2D eigenvalue weighted by atomic mass is 16.5. The summed E-state index contributed by atoms with van der Waals surface area (Å²) in [4.78, 5) is 20.1. The van der Waals surface area contributed by atoms with E-state index < -0.39 is 5.97 Å². The first-order valence-electron chi connectivity index (χ1n) is 6.63. The van der Waals surface area contributed by atoms with Crippen LogP contribution in [-0.2, 0) is 4.74 Å². The molecule has 0 amide bonds. The molecule has 0 saturated carbocycles. The molecule has 0 spiro atoms. The molecule has 1 atom stereocenters. The Morgan fingerprint density at radius 2 is 2.24 bits per heavy atom. The Morgan fingerprint density at radius 3 is 3.00 bits per heavy atom. The molecule has 2 N–H and O–H groups in total. The zero-order valence-electron chi connectivity index (χ0n) is 11.6. The summed E-state index contributed by atoms with van der Waals surface area (Å²) in [5.74, 6) is 1.05. The molecule has 0 saturated heterocycles. The highest BCUT2D eigenvalue weighted by Crippen LogP contribution is 2.36. The molecule has 0 radical (unpaired) electrons. The van der Waals surface area contributed by atoms with Crippen molar-refractivity contribution in [2.24, 2.45) is 0 Å². The second-order valence-corrected chi connectivity index (χ2v) is 4.75. The second-order valence-electron chi connectivity index (χ2n) is 4.75. The van der Waals surface area contributed by atoms with E-state index in [2.05, 4.69) is 14.7 Å². The SMILES string of the molecule is COC(=O)c1cnc(C2CCOc3ccccc32)nc1N. The molecule has 1 aliphatic rings. The second kappa shape index (κ2) is 5.40. The molecule has 6 nitrogen and oxygen atoms in total. The maximum atomic E-state index is 11.5. The fraction of sp³-hybridized carbons (Fsp3) is 0.267. The number of benzene rings is 1. The molecule has 108 valence electrons. The zero-order chi connectivity index (χ0) is 14.8. The number of para-hydroxylation sites is 1. The Kier molecular flexibility index (Phi) is 3.43. The third-order valence-corrected chi connectivity index (χ3v) is 3.51. The van der Waals surface area contributed by atoms with Gasteiger partial charge in [-0.1, -0.05) is 18.2 Å². The zero-order valence-corrected chi connectivity index (χ0v) is 11.6. The van der Waals surface area contributed by atoms with Crippen LogP contribution in [0.1, 0.15) is 34.1 Å². The average Bonchev–Trinajstić information content (AvgIpc) is 2.53. The van der Waals surface area contributed by atoms with Crippen molar-refractivity contribution in [3.05, 3.63) is 47.4 Å². The fourth-order valence-electron chi connectivity index (χ4n) is 2.45. The lowest BCUT2D eigenvalue weighted by atomic mass is 9.92. The molecular formula is C15H15N3O3. The van der Waals surface area contributed by atoms with Crippen molar-refractivity contribution in [3.63, 3.8) is 0 Å². The standard InChI is InChI=1S/C15H15N3O3/c1-20-15(19)11-8-17-14(18-13(11)16)10-6-7-21-12-5-3-2-4-9(10)12/h2-5,8,10H,6-7H2,1H3,(H2,16,17,18). The molecule has 0 bridgehead atoms. The van der Waals surface area contributed by atoms with E-state index in [4.69, 9.17) is 10.5 Å². The lowest BCUT2D eigenvalue weighted by molar-refractivity contribution is 0.0601. The Labute approximate surface area is 121 Å². The summed E-state index contributed by atoms with van der Waals surface area (Å²) in [6.45, 7) is 0.601. The average molecular weight is 285 g/mol. The van der Waals surface area contributed by atoms with Crippen molar-refractivity contribution in [1.82, 2.24) is 9.97 Å². The Balaban J connectivity index is 1.99. The van der Waals surface area contributed by atoms with Crippen molar-refractivity contribution in [2.45, 2.75) is 12.3 Å². The number of esters is 1. The predicted octanol–water partition coefficient (Wildman–Crippen LogP) is 1.76. The highest BCUT2D eigenvalue weighted by Gasteiger charge is 2.26. The topological polar surface area (TPSA) is 87.3 Å². The number of nitrogens with two attached hydrogens (primary N) is 1. The summed E-state index contributed by atoms with van der Waals surface area (Å²) in [5, 5.41) is 0. The first-order chi connectivity index (χ1) is 10.2. The number of methoxy groups -OCH3 is 1. The van der Waals surface area contributed by atoms with Gasteiger partial charge in [-0.25, -0.2) is 14.8 Å². The molecule has 1 aromatic carbocycles. The van der Waals surface area contributed by atoms with E-state index in [1.165, 1.54) is 13.3 Å². The summed E-state index contributed by atoms with van der Waals surface area (Å²) in [6, 6.07) is 7.80. The van der Waals surface area contributed by atoms with Gasteiger partial charge in [0.25, 0.3) is 0 Å². The number of anilines is 1. The molecular weight excluding hydrogens is 270 g/mol. The van der Waals surface area contributed by atoms with Crippen LogP contribution in [0.15, 0.2) is 30.5 Å². The van der Waals surface area contributed by atoms with Gasteiger partial charge in [0.15, 0.2) is 0 Å². The molecule has 0 fully saturated rings. The van der Waals surface area contributed by atoms with Crippen LogP contribution in [-0.4, -0.2) is 29.7 Å². The fourth-order valence-corrected chi connectivity index (χ4v) is 2.45. The molecule has 2 heterocycles. The van der Waals surface area contributed by atoms with Gasteiger partial charge in [-0.3, -0.25) is 0 Å². The number of fused-ring (bicyclic) bond motifs is 1. The van der Waals surface area contributed by atoms with Crippen LogP contribution >= 0.6 is 0 Å². The van der Waals surface area contributed by atoms with Gasteiger partial charge in [0.1, 0.15) is 23.0 Å². The molecule has 6 heteroatoms. The first-order valence-corrected chi connectivity index (χ1v) is 6.63. The number of rotatable bonds is 2. The van der Waals surface area contributed by atoms with E-state index in [0.717, 1.165) is 17.7 Å². The number of nitrogen functional groups attached to an aromatic ring is 1. The maximum Gasteiger partial charge on any atom is 0.343 e. The summed E-state index contributed by atoms with van der Waals surface area (Å²) >= 11 is 0. The van der Waals surface area contributed by atoms with Crippen LogP contribution < -0.4 is 10.5 Å². The quantitative estimate of drug-likeness (QED) is 0.846. The van der Waals surface area contributed by atoms with Gasteiger partial charge in [0.05, 0.1) is 19.6 Å². The van der Waals surface area contributed by atoms with Gasteiger partial charge in [0.2, 0.25) is 0 Å². The molecule has 1 aliphatic heterocycles. The van der Waals surface area contributed by atoms with E-state index in [1.807, 2.05) is 24.3 Å². The minimum absolute atomic E-state index is 0.0175. The number of ether oxygens (including phenoxy) is 2.